The summed E-state index contributed by atoms with van der Waals surface area (Å²) in [5.41, 5.74) is 4.23. The monoisotopic (exact) mass is 439 g/mol. The van der Waals surface area contributed by atoms with Gasteiger partial charge in [0.25, 0.3) is 0 Å². The number of allylic oxidation sites excluding steroid dienone is 1. The molecule has 0 amide bonds. The van der Waals surface area contributed by atoms with E-state index < -0.39 is 0 Å². The van der Waals surface area contributed by atoms with Crippen molar-refractivity contribution in [1.29, 1.82) is 0 Å². The van der Waals surface area contributed by atoms with Crippen LogP contribution in [-0.2, 0) is 16.0 Å². The Morgan fingerprint density at radius 2 is 1.97 bits per heavy atom. The molecule has 2 heterocycles. The van der Waals surface area contributed by atoms with E-state index in [2.05, 4.69) is 37.5 Å². The number of methoxy groups -OCH3 is 2. The van der Waals surface area contributed by atoms with Gasteiger partial charge in [0.05, 0.1) is 20.1 Å². The van der Waals surface area contributed by atoms with E-state index in [1.807, 2.05) is 0 Å². The number of ether oxygens (including phenoxy) is 3. The van der Waals surface area contributed by atoms with Gasteiger partial charge in [-0.05, 0) is 80.0 Å². The Morgan fingerprint density at radius 3 is 2.72 bits per heavy atom. The summed E-state index contributed by atoms with van der Waals surface area (Å²) in [5, 5.41) is 0. The molecule has 32 heavy (non-hydrogen) atoms. The molecule has 0 N–H and O–H groups in total. The molecule has 5 rings (SSSR count). The predicted molar refractivity (Wildman–Crippen MR) is 124 cm³/mol. The van der Waals surface area contributed by atoms with Gasteiger partial charge in [0.15, 0.2) is 11.5 Å². The Bertz CT molecular complexity index is 926. The number of fused-ring (bicyclic) bond motifs is 3. The van der Waals surface area contributed by atoms with Crippen LogP contribution in [0.5, 0.6) is 11.5 Å². The third-order valence-electron chi connectivity index (χ3n) is 9.06. The second-order valence-electron chi connectivity index (χ2n) is 10.7. The van der Waals surface area contributed by atoms with Gasteiger partial charge in [-0.3, -0.25) is 9.69 Å². The average molecular weight is 440 g/mol. The molecule has 174 valence electrons. The topological polar surface area (TPSA) is 48.0 Å². The molecule has 1 saturated heterocycles. The molecule has 5 nitrogen and oxygen atoms in total. The molecule has 0 radical (unpaired) electrons. The highest BCUT2D eigenvalue weighted by molar-refractivity contribution is 5.75. The lowest BCUT2D eigenvalue weighted by Crippen LogP contribution is -2.46. The average Bonchev–Trinajstić information content (AvgIpc) is 3.06. The maximum atomic E-state index is 13.0. The van der Waals surface area contributed by atoms with E-state index in [-0.39, 0.29) is 29.4 Å². The largest absolute Gasteiger partial charge is 0.493 e. The Balaban J connectivity index is 1.35. The van der Waals surface area contributed by atoms with Gasteiger partial charge >= 0.3 is 5.97 Å². The maximum absolute atomic E-state index is 13.0. The number of hydrogen-bond donors (Lipinski definition) is 0. The van der Waals surface area contributed by atoms with Gasteiger partial charge in [-0.25, -0.2) is 0 Å². The van der Waals surface area contributed by atoms with E-state index in [9.17, 15) is 4.79 Å². The van der Waals surface area contributed by atoms with E-state index in [1.165, 1.54) is 29.5 Å². The molecule has 3 fully saturated rings. The molecule has 1 aromatic carbocycles. The smallest absolute Gasteiger partial charge is 0.310 e. The fourth-order valence-corrected chi connectivity index (χ4v) is 7.16. The number of benzene rings is 1. The Hall–Kier alpha value is -2.01. The van der Waals surface area contributed by atoms with Crippen LogP contribution in [0.2, 0.25) is 0 Å². The van der Waals surface area contributed by atoms with Gasteiger partial charge in [-0.15, -0.1) is 0 Å². The van der Waals surface area contributed by atoms with Crippen molar-refractivity contribution in [1.82, 2.24) is 4.90 Å². The van der Waals surface area contributed by atoms with Gasteiger partial charge in [-0.2, -0.15) is 0 Å². The molecule has 4 aliphatic rings. The lowest BCUT2D eigenvalue weighted by molar-refractivity contribution is -0.146. The lowest BCUT2D eigenvalue weighted by Gasteiger charge is -2.50. The molecule has 0 spiro atoms. The molecule has 2 aliphatic heterocycles. The molecule has 2 aliphatic carbocycles. The van der Waals surface area contributed by atoms with E-state index in [1.54, 1.807) is 14.2 Å². The maximum Gasteiger partial charge on any atom is 0.310 e. The summed E-state index contributed by atoms with van der Waals surface area (Å²) in [6.07, 6.45) is 6.68. The van der Waals surface area contributed by atoms with Crippen LogP contribution in [0.25, 0.3) is 0 Å². The van der Waals surface area contributed by atoms with Crippen molar-refractivity contribution >= 4 is 5.97 Å². The molecule has 0 aromatic heterocycles. The first-order valence-electron chi connectivity index (χ1n) is 12.2. The van der Waals surface area contributed by atoms with Gasteiger partial charge < -0.3 is 14.2 Å². The molecule has 6 atom stereocenters. The molecule has 2 saturated carbocycles. The first kappa shape index (κ1) is 21.8. The normalized spacial score (nSPS) is 36.7. The van der Waals surface area contributed by atoms with E-state index >= 15 is 0 Å². The summed E-state index contributed by atoms with van der Waals surface area (Å²) in [6, 6.07) is 4.45. The molecular weight excluding hydrogens is 402 g/mol. The fourth-order valence-electron chi connectivity index (χ4n) is 7.16. The molecule has 1 aromatic rings. The minimum absolute atomic E-state index is 0.0122. The van der Waals surface area contributed by atoms with Gasteiger partial charge in [0, 0.05) is 25.0 Å². The van der Waals surface area contributed by atoms with Crippen molar-refractivity contribution in [3.05, 3.63) is 35.4 Å². The van der Waals surface area contributed by atoms with Gasteiger partial charge in [0.2, 0.25) is 0 Å². The number of nitrogens with zero attached hydrogens (tertiary/aromatic N) is 1. The Kier molecular flexibility index (Phi) is 5.51. The summed E-state index contributed by atoms with van der Waals surface area (Å²) in [5.74, 6) is 2.37. The zero-order valence-electron chi connectivity index (χ0n) is 20.0. The minimum Gasteiger partial charge on any atom is -0.493 e. The molecule has 0 bridgehead atoms. The van der Waals surface area contributed by atoms with Gasteiger partial charge in [0.1, 0.15) is 6.10 Å². The van der Waals surface area contributed by atoms with Crippen molar-refractivity contribution < 1.29 is 19.0 Å². The third kappa shape index (κ3) is 3.44. The van der Waals surface area contributed by atoms with Crippen LogP contribution in [0, 0.1) is 23.2 Å². The van der Waals surface area contributed by atoms with Crippen LogP contribution < -0.4 is 9.47 Å². The lowest BCUT2D eigenvalue weighted by atomic mass is 9.55. The van der Waals surface area contributed by atoms with Crippen LogP contribution in [0.15, 0.2) is 24.3 Å². The Labute approximate surface area is 192 Å². The quantitative estimate of drug-likeness (QED) is 0.491. The highest BCUT2D eigenvalue weighted by atomic mass is 16.6. The van der Waals surface area contributed by atoms with E-state index in [0.29, 0.717) is 11.8 Å². The first-order valence-corrected chi connectivity index (χ1v) is 12.2. The molecular formula is C27H37NO4. The van der Waals surface area contributed by atoms with Crippen LogP contribution in [-0.4, -0.2) is 44.3 Å². The van der Waals surface area contributed by atoms with Crippen molar-refractivity contribution in [2.24, 2.45) is 23.2 Å². The van der Waals surface area contributed by atoms with Crippen LogP contribution >= 0.6 is 0 Å². The number of carbonyl (C=O) groups is 1. The van der Waals surface area contributed by atoms with E-state index in [0.717, 1.165) is 50.3 Å². The summed E-state index contributed by atoms with van der Waals surface area (Å²) in [7, 11) is 3.36. The van der Waals surface area contributed by atoms with E-state index in [4.69, 9.17) is 14.2 Å². The zero-order chi connectivity index (χ0) is 22.6. The summed E-state index contributed by atoms with van der Waals surface area (Å²) in [4.78, 5) is 15.5. The summed E-state index contributed by atoms with van der Waals surface area (Å²) < 4.78 is 17.1. The van der Waals surface area contributed by atoms with Gasteiger partial charge in [-0.1, -0.05) is 19.1 Å². The molecule has 2 unspecified atom stereocenters. The van der Waals surface area contributed by atoms with Crippen molar-refractivity contribution in [3.63, 3.8) is 0 Å². The highest BCUT2D eigenvalue weighted by Gasteiger charge is 2.55. The standard InChI is InChI=1S/C27H37NO4/c1-16-7-6-9-27(3)14-25-20(12-22(16)27)21(26(29)32-25)15-28-10-8-18-11-23(30-4)24(31-5)13-19(18)17(28)2/h11,13,17,20-22,25H,1,6-10,12,14-15H2,2-5H3/t17-,20+,21?,22?,25+,27+/m0/s1. The predicted octanol–water partition coefficient (Wildman–Crippen LogP) is 4.94. The van der Waals surface area contributed by atoms with Crippen LogP contribution in [0.1, 0.15) is 63.1 Å². The van der Waals surface area contributed by atoms with Crippen LogP contribution in [0.3, 0.4) is 0 Å². The molecule has 5 heteroatoms. The second-order valence-corrected chi connectivity index (χ2v) is 10.7. The number of hydrogen-bond acceptors (Lipinski definition) is 5. The third-order valence-corrected chi connectivity index (χ3v) is 9.06. The van der Waals surface area contributed by atoms with Crippen molar-refractivity contribution in [2.75, 3.05) is 27.3 Å². The van der Waals surface area contributed by atoms with Crippen molar-refractivity contribution in [3.8, 4) is 11.5 Å². The first-order chi connectivity index (χ1) is 15.3. The van der Waals surface area contributed by atoms with Crippen LogP contribution in [0.4, 0.5) is 0 Å². The minimum atomic E-state index is -0.0385. The fraction of sp³-hybridized carbons (Fsp3) is 0.667. The summed E-state index contributed by atoms with van der Waals surface area (Å²) >= 11 is 0. The number of rotatable bonds is 4. The SMILES string of the molecule is C=C1CCC[C@]2(C)C[C@H]3OC(=O)C(CN4CCc5cc(OC)c(OC)cc5[C@@H]4C)[C@H]3CC12. The van der Waals surface area contributed by atoms with Crippen molar-refractivity contribution in [2.45, 2.75) is 64.5 Å². The number of carbonyl (C=O) groups excluding carboxylic acids is 1. The highest BCUT2D eigenvalue weighted by Crippen LogP contribution is 2.57. The Morgan fingerprint density at radius 1 is 1.22 bits per heavy atom. The number of esters is 1. The summed E-state index contributed by atoms with van der Waals surface area (Å²) in [6.45, 7) is 10.8. The second kappa shape index (κ2) is 8.09. The zero-order valence-corrected chi connectivity index (χ0v) is 20.0.